The van der Waals surface area contributed by atoms with Crippen LogP contribution < -0.4 is 37.2 Å². The van der Waals surface area contributed by atoms with Crippen molar-refractivity contribution in [1.29, 1.82) is 0 Å². The first-order chi connectivity index (χ1) is 13.2. The number of hydrogen-bond acceptors (Lipinski definition) is 0. The number of fused-ring (bicyclic) bond motifs is 1. The minimum absolute atomic E-state index is 0. The molecule has 3 aromatic rings. The first-order valence-corrected chi connectivity index (χ1v) is 15.8. The molecule has 0 amide bonds. The largest absolute Gasteiger partial charge is 1.00 e. The van der Waals surface area contributed by atoms with E-state index >= 15 is 0 Å². The first kappa shape index (κ1) is 27.6. The molecular weight excluding hydrogens is 616 g/mol. The second-order valence-electron chi connectivity index (χ2n) is 7.49. The van der Waals surface area contributed by atoms with E-state index in [1.54, 1.807) is 5.56 Å². The van der Waals surface area contributed by atoms with E-state index in [2.05, 4.69) is 110 Å². The predicted molar refractivity (Wildman–Crippen MR) is 116 cm³/mol. The van der Waals surface area contributed by atoms with Gasteiger partial charge in [0.2, 0.25) is 0 Å². The van der Waals surface area contributed by atoms with Gasteiger partial charge in [0.15, 0.2) is 0 Å². The van der Waals surface area contributed by atoms with E-state index in [9.17, 15) is 0 Å². The molecule has 155 valence electrons. The molecule has 0 nitrogen and oxygen atoms in total. The van der Waals surface area contributed by atoms with Crippen molar-refractivity contribution < 1.29 is 60.1 Å². The van der Waals surface area contributed by atoms with Crippen LogP contribution in [0.15, 0.2) is 91.0 Å². The van der Waals surface area contributed by atoms with Crippen LogP contribution in [-0.4, -0.2) is 19.5 Å². The van der Waals surface area contributed by atoms with E-state index in [4.69, 9.17) is 0 Å². The van der Waals surface area contributed by atoms with Crippen LogP contribution in [0.1, 0.15) is 25.9 Å². The Balaban J connectivity index is 0.00000150. The quantitative estimate of drug-likeness (QED) is 0.207. The van der Waals surface area contributed by atoms with Gasteiger partial charge in [0.25, 0.3) is 0 Å². The van der Waals surface area contributed by atoms with E-state index < -0.39 is 22.9 Å². The molecule has 0 bridgehead atoms. The summed E-state index contributed by atoms with van der Waals surface area (Å²) in [5.74, 6) is 0. The molecule has 30 heavy (non-hydrogen) atoms. The standard InChI is InChI=1S/C16H18P.C9H7.3ClH.Hf/c1-17(2)13-16(14-9-5-3-6-10-14)15-11-7-4-8-12-15;1-2-5-9-7-3-6-8(9)4-1;;;;/h3-12H,13H2,1-2H3;1-7H;3*1H;/q;;;;;+3/p-3. The van der Waals surface area contributed by atoms with Gasteiger partial charge in [-0.05, 0) is 0 Å². The van der Waals surface area contributed by atoms with Gasteiger partial charge < -0.3 is 37.2 Å². The van der Waals surface area contributed by atoms with Crippen LogP contribution in [-0.2, 0) is 26.1 Å². The van der Waals surface area contributed by atoms with Crippen LogP contribution >= 0.6 is 7.92 Å². The molecule has 0 fully saturated rings. The molecule has 3 aromatic carbocycles. The topological polar surface area (TPSA) is 0 Å². The van der Waals surface area contributed by atoms with Gasteiger partial charge >= 0.3 is 177 Å². The molecule has 0 radical (unpaired) electrons. The molecule has 1 aliphatic carbocycles. The van der Waals surface area contributed by atoms with Crippen molar-refractivity contribution in [3.8, 4) is 0 Å². The van der Waals surface area contributed by atoms with E-state index in [0.29, 0.717) is 3.67 Å². The van der Waals surface area contributed by atoms with E-state index in [1.165, 1.54) is 22.9 Å². The Hall–Kier alpha value is -0.430. The SMILES string of the molecule is CP(C)C[C]([Hf+3][CH]1C=Cc2ccccc21)(c1ccccc1)c1ccccc1.[Cl-].[Cl-].[Cl-]. The molecule has 5 heteroatoms. The van der Waals surface area contributed by atoms with Crippen molar-refractivity contribution in [2.24, 2.45) is 0 Å². The van der Waals surface area contributed by atoms with Crippen molar-refractivity contribution >= 4 is 14.0 Å². The molecule has 0 spiro atoms. The van der Waals surface area contributed by atoms with Crippen LogP contribution in [0.3, 0.4) is 0 Å². The summed E-state index contributed by atoms with van der Waals surface area (Å²) in [6, 6.07) is 31.7. The fraction of sp³-hybridized carbons (Fsp3) is 0.200. The van der Waals surface area contributed by atoms with Crippen LogP contribution in [0.25, 0.3) is 6.08 Å². The van der Waals surface area contributed by atoms with Gasteiger partial charge in [0.1, 0.15) is 0 Å². The van der Waals surface area contributed by atoms with Crippen molar-refractivity contribution in [1.82, 2.24) is 0 Å². The Bertz CT molecular complexity index is 890. The third-order valence-corrected chi connectivity index (χ3v) is 14.9. The van der Waals surface area contributed by atoms with Crippen LogP contribution in [0.5, 0.6) is 0 Å². The van der Waals surface area contributed by atoms with Gasteiger partial charge in [-0.2, -0.15) is 0 Å². The van der Waals surface area contributed by atoms with Gasteiger partial charge in [-0.3, -0.25) is 0 Å². The van der Waals surface area contributed by atoms with Gasteiger partial charge in [-0.15, -0.1) is 0 Å². The second-order valence-corrected chi connectivity index (χ2v) is 16.3. The van der Waals surface area contributed by atoms with Crippen molar-refractivity contribution in [3.63, 3.8) is 0 Å². The van der Waals surface area contributed by atoms with E-state index in [1.807, 2.05) is 0 Å². The third-order valence-electron chi connectivity index (χ3n) is 5.29. The molecule has 1 atom stereocenters. The van der Waals surface area contributed by atoms with Gasteiger partial charge in [-0.25, -0.2) is 0 Å². The van der Waals surface area contributed by atoms with Crippen LogP contribution in [0.4, 0.5) is 0 Å². The smallest absolute Gasteiger partial charge is 1.00 e. The zero-order valence-electron chi connectivity index (χ0n) is 17.1. The summed E-state index contributed by atoms with van der Waals surface area (Å²) in [5.41, 5.74) is 6.07. The summed E-state index contributed by atoms with van der Waals surface area (Å²) in [5, 5.41) is 0. The normalized spacial score (nSPS) is 14.0. The first-order valence-electron chi connectivity index (χ1n) is 9.50. The minimum atomic E-state index is -1.18. The molecule has 0 aromatic heterocycles. The Morgan fingerprint density at radius 3 is 1.77 bits per heavy atom. The average Bonchev–Trinajstić information content (AvgIpc) is 3.11. The third kappa shape index (κ3) is 5.87. The van der Waals surface area contributed by atoms with Crippen molar-refractivity contribution in [3.05, 3.63) is 113 Å². The molecule has 1 aliphatic rings. The fourth-order valence-electron chi connectivity index (χ4n) is 4.12. The number of allylic oxidation sites excluding steroid dienone is 1. The molecular formula is C25H25Cl3HfP. The van der Waals surface area contributed by atoms with E-state index in [-0.39, 0.29) is 48.3 Å². The molecule has 1 unspecified atom stereocenters. The molecule has 0 N–H and O–H groups in total. The number of halogens is 3. The minimum Gasteiger partial charge on any atom is -1.00 e. The average molecular weight is 641 g/mol. The Labute approximate surface area is 212 Å². The Kier molecular flexibility index (Phi) is 11.6. The second kappa shape index (κ2) is 12.6. The molecule has 0 heterocycles. The summed E-state index contributed by atoms with van der Waals surface area (Å²) < 4.78 is 0.904. The van der Waals surface area contributed by atoms with Gasteiger partial charge in [0.05, 0.1) is 0 Å². The monoisotopic (exact) mass is 641 g/mol. The molecule has 0 saturated heterocycles. The van der Waals surface area contributed by atoms with Crippen molar-refractivity contribution in [2.75, 3.05) is 19.5 Å². The van der Waals surface area contributed by atoms with Crippen LogP contribution in [0.2, 0.25) is 0 Å². The molecule has 4 rings (SSSR count). The molecule has 0 aliphatic heterocycles. The van der Waals surface area contributed by atoms with Gasteiger partial charge in [0, 0.05) is 0 Å². The summed E-state index contributed by atoms with van der Waals surface area (Å²) >= 11 is -1.18. The van der Waals surface area contributed by atoms with E-state index in [0.717, 1.165) is 0 Å². The predicted octanol–water partition coefficient (Wildman–Crippen LogP) is -2.47. The number of hydrogen-bond donors (Lipinski definition) is 0. The van der Waals surface area contributed by atoms with Gasteiger partial charge in [-0.1, -0.05) is 0 Å². The summed E-state index contributed by atoms with van der Waals surface area (Å²) in [6.07, 6.45) is 6.16. The Morgan fingerprint density at radius 2 is 1.23 bits per heavy atom. The summed E-state index contributed by atoms with van der Waals surface area (Å²) in [6.45, 7) is 4.88. The zero-order valence-corrected chi connectivity index (χ0v) is 23.9. The number of rotatable bonds is 6. The summed E-state index contributed by atoms with van der Waals surface area (Å²) in [4.78, 5) is 0. The van der Waals surface area contributed by atoms with Crippen molar-refractivity contribution in [2.45, 2.75) is 6.85 Å². The number of benzene rings is 3. The zero-order chi connectivity index (χ0) is 18.7. The van der Waals surface area contributed by atoms with Crippen LogP contribution in [0, 0.1) is 0 Å². The molecule has 0 saturated carbocycles. The maximum Gasteiger partial charge on any atom is -1.00 e. The fourth-order valence-corrected chi connectivity index (χ4v) is 16.4. The summed E-state index contributed by atoms with van der Waals surface area (Å²) in [7, 11) is 0.00137. The maximum atomic E-state index is 2.50. The maximum absolute atomic E-state index is 2.50. The Morgan fingerprint density at radius 1 is 0.733 bits per heavy atom.